The Bertz CT molecular complexity index is 824. The zero-order chi connectivity index (χ0) is 15.9. The van der Waals surface area contributed by atoms with E-state index in [0.717, 1.165) is 6.07 Å². The second-order valence-electron chi connectivity index (χ2n) is 4.62. The van der Waals surface area contributed by atoms with E-state index < -0.39 is 11.7 Å². The second kappa shape index (κ2) is 4.90. The van der Waals surface area contributed by atoms with Crippen LogP contribution in [0.5, 0.6) is 5.75 Å². The highest BCUT2D eigenvalue weighted by atomic mass is 19.4. The van der Waals surface area contributed by atoms with Crippen LogP contribution in [0.4, 0.5) is 19.0 Å². The molecular formula is C14H11F3N4O. The number of nitrogen functional groups attached to an aromatic ring is 1. The molecule has 0 saturated heterocycles. The molecule has 8 heteroatoms. The van der Waals surface area contributed by atoms with Gasteiger partial charge in [0.1, 0.15) is 11.6 Å². The molecular weight excluding hydrogens is 297 g/mol. The molecule has 0 fully saturated rings. The third-order valence-corrected chi connectivity index (χ3v) is 3.24. The van der Waals surface area contributed by atoms with Crippen molar-refractivity contribution in [3.8, 4) is 17.0 Å². The topological polar surface area (TPSA) is 76.8 Å². The van der Waals surface area contributed by atoms with Gasteiger partial charge in [-0.05, 0) is 30.3 Å². The number of H-pyrrole nitrogens is 1. The molecule has 2 aromatic heterocycles. The van der Waals surface area contributed by atoms with Crippen molar-refractivity contribution < 1.29 is 17.9 Å². The minimum Gasteiger partial charge on any atom is -0.497 e. The molecule has 2 heterocycles. The van der Waals surface area contributed by atoms with Crippen molar-refractivity contribution >= 4 is 16.9 Å². The Labute approximate surface area is 122 Å². The van der Waals surface area contributed by atoms with Crippen molar-refractivity contribution in [3.63, 3.8) is 0 Å². The fourth-order valence-corrected chi connectivity index (χ4v) is 2.18. The van der Waals surface area contributed by atoms with E-state index in [4.69, 9.17) is 10.5 Å². The summed E-state index contributed by atoms with van der Waals surface area (Å²) in [6, 6.07) is 7.52. The Morgan fingerprint density at radius 3 is 2.45 bits per heavy atom. The summed E-state index contributed by atoms with van der Waals surface area (Å²) >= 11 is 0. The van der Waals surface area contributed by atoms with Crippen LogP contribution in [0, 0.1) is 0 Å². The van der Waals surface area contributed by atoms with Gasteiger partial charge in [-0.3, -0.25) is 5.10 Å². The zero-order valence-electron chi connectivity index (χ0n) is 11.4. The normalized spacial score (nSPS) is 11.8. The van der Waals surface area contributed by atoms with E-state index in [0.29, 0.717) is 11.3 Å². The van der Waals surface area contributed by atoms with Crippen LogP contribution in [0.25, 0.3) is 22.3 Å². The van der Waals surface area contributed by atoms with E-state index in [1.165, 1.54) is 7.11 Å². The van der Waals surface area contributed by atoms with Gasteiger partial charge in [0.25, 0.3) is 0 Å². The number of nitrogens with two attached hydrogens (primary N) is 1. The molecule has 3 N–H and O–H groups in total. The summed E-state index contributed by atoms with van der Waals surface area (Å²) in [6.07, 6.45) is -4.56. The van der Waals surface area contributed by atoms with Crippen LogP contribution < -0.4 is 10.5 Å². The Morgan fingerprint density at radius 2 is 1.86 bits per heavy atom. The molecule has 3 rings (SSSR count). The zero-order valence-corrected chi connectivity index (χ0v) is 11.4. The highest BCUT2D eigenvalue weighted by molar-refractivity contribution is 5.91. The summed E-state index contributed by atoms with van der Waals surface area (Å²) in [5.41, 5.74) is 5.27. The maximum Gasteiger partial charge on any atom is 0.417 e. The van der Waals surface area contributed by atoms with E-state index in [2.05, 4.69) is 15.2 Å². The number of nitrogens with zero attached hydrogens (tertiary/aromatic N) is 2. The van der Waals surface area contributed by atoms with Gasteiger partial charge in [0.2, 0.25) is 0 Å². The van der Waals surface area contributed by atoms with Crippen molar-refractivity contribution in [1.29, 1.82) is 0 Å². The van der Waals surface area contributed by atoms with Crippen molar-refractivity contribution in [1.82, 2.24) is 15.2 Å². The minimum absolute atomic E-state index is 0.0712. The molecule has 5 nitrogen and oxygen atoms in total. The van der Waals surface area contributed by atoms with Crippen molar-refractivity contribution in [2.45, 2.75) is 6.18 Å². The van der Waals surface area contributed by atoms with Crippen LogP contribution in [0.1, 0.15) is 5.56 Å². The molecule has 0 bridgehead atoms. The van der Waals surface area contributed by atoms with Gasteiger partial charge in [-0.25, -0.2) is 4.98 Å². The third kappa shape index (κ3) is 2.32. The van der Waals surface area contributed by atoms with Crippen LogP contribution in [-0.4, -0.2) is 22.3 Å². The van der Waals surface area contributed by atoms with E-state index in [9.17, 15) is 13.2 Å². The van der Waals surface area contributed by atoms with Gasteiger partial charge in [-0.1, -0.05) is 0 Å². The Kier molecular flexibility index (Phi) is 3.16. The number of anilines is 1. The molecule has 0 saturated carbocycles. The SMILES string of the molecule is COc1ccc(-c2cc(C(F)(F)F)c3c(N)[nH]nc3n2)cc1. The molecule has 0 spiro atoms. The molecule has 1 aromatic carbocycles. The van der Waals surface area contributed by atoms with E-state index >= 15 is 0 Å². The number of nitrogens with one attached hydrogen (secondary N) is 1. The summed E-state index contributed by atoms with van der Waals surface area (Å²) in [5, 5.41) is 5.84. The smallest absolute Gasteiger partial charge is 0.417 e. The van der Waals surface area contributed by atoms with Gasteiger partial charge in [-0.15, -0.1) is 0 Å². The highest BCUT2D eigenvalue weighted by Gasteiger charge is 2.35. The third-order valence-electron chi connectivity index (χ3n) is 3.24. The maximum atomic E-state index is 13.2. The largest absolute Gasteiger partial charge is 0.497 e. The number of aromatic amines is 1. The van der Waals surface area contributed by atoms with Gasteiger partial charge < -0.3 is 10.5 Å². The first-order valence-electron chi connectivity index (χ1n) is 6.26. The molecule has 0 aliphatic carbocycles. The number of alkyl halides is 3. The monoisotopic (exact) mass is 308 g/mol. The molecule has 0 unspecified atom stereocenters. The summed E-state index contributed by atoms with van der Waals surface area (Å²) in [4.78, 5) is 4.13. The average Bonchev–Trinajstić information content (AvgIpc) is 2.87. The molecule has 0 amide bonds. The minimum atomic E-state index is -4.56. The Balaban J connectivity index is 2.22. The quantitative estimate of drug-likeness (QED) is 0.762. The number of ether oxygens (including phenoxy) is 1. The number of benzene rings is 1. The number of hydrogen-bond acceptors (Lipinski definition) is 4. The lowest BCUT2D eigenvalue weighted by Gasteiger charge is -2.10. The Hall–Kier alpha value is -2.77. The number of aromatic nitrogens is 3. The summed E-state index contributed by atoms with van der Waals surface area (Å²) < 4.78 is 44.8. The van der Waals surface area contributed by atoms with Crippen molar-refractivity contribution in [2.24, 2.45) is 0 Å². The number of halogens is 3. The van der Waals surface area contributed by atoms with Crippen LogP contribution in [0.15, 0.2) is 30.3 Å². The molecule has 0 aliphatic heterocycles. The van der Waals surface area contributed by atoms with Gasteiger partial charge in [-0.2, -0.15) is 18.3 Å². The molecule has 0 atom stereocenters. The first-order valence-corrected chi connectivity index (χ1v) is 6.26. The number of pyridine rings is 1. The first kappa shape index (κ1) is 14.2. The lowest BCUT2D eigenvalue weighted by molar-refractivity contribution is -0.136. The number of fused-ring (bicyclic) bond motifs is 1. The standard InChI is InChI=1S/C14H11F3N4O/c1-22-8-4-2-7(3-5-8)10-6-9(14(15,16)17)11-12(18)20-21-13(11)19-10/h2-6H,1H3,(H3,18,19,20,21). The second-order valence-corrected chi connectivity index (χ2v) is 4.62. The maximum absolute atomic E-state index is 13.2. The Morgan fingerprint density at radius 1 is 1.18 bits per heavy atom. The summed E-state index contributed by atoms with van der Waals surface area (Å²) in [6.45, 7) is 0. The molecule has 0 aliphatic rings. The highest BCUT2D eigenvalue weighted by Crippen LogP contribution is 2.38. The molecule has 3 aromatic rings. The van der Waals surface area contributed by atoms with Gasteiger partial charge in [0.15, 0.2) is 5.65 Å². The van der Waals surface area contributed by atoms with Crippen LogP contribution >= 0.6 is 0 Å². The first-order chi connectivity index (χ1) is 10.4. The van der Waals surface area contributed by atoms with Gasteiger partial charge in [0.05, 0.1) is 23.8 Å². The lowest BCUT2D eigenvalue weighted by atomic mass is 10.1. The predicted molar refractivity (Wildman–Crippen MR) is 75.3 cm³/mol. The van der Waals surface area contributed by atoms with Gasteiger partial charge in [0, 0.05) is 5.56 Å². The lowest BCUT2D eigenvalue weighted by Crippen LogP contribution is -2.07. The van der Waals surface area contributed by atoms with Gasteiger partial charge >= 0.3 is 6.18 Å². The number of rotatable bonds is 2. The van der Waals surface area contributed by atoms with Crippen molar-refractivity contribution in [2.75, 3.05) is 12.8 Å². The molecule has 0 radical (unpaired) electrons. The fraction of sp³-hybridized carbons (Fsp3) is 0.143. The predicted octanol–water partition coefficient (Wildman–Crippen LogP) is 3.23. The average molecular weight is 308 g/mol. The van der Waals surface area contributed by atoms with E-state index in [1.807, 2.05) is 0 Å². The van der Waals surface area contributed by atoms with E-state index in [1.54, 1.807) is 24.3 Å². The fourth-order valence-electron chi connectivity index (χ4n) is 2.18. The van der Waals surface area contributed by atoms with Crippen LogP contribution in [0.3, 0.4) is 0 Å². The van der Waals surface area contributed by atoms with Crippen LogP contribution in [-0.2, 0) is 6.18 Å². The number of hydrogen-bond donors (Lipinski definition) is 2. The summed E-state index contributed by atoms with van der Waals surface area (Å²) in [7, 11) is 1.51. The van der Waals surface area contributed by atoms with Crippen molar-refractivity contribution in [3.05, 3.63) is 35.9 Å². The molecule has 114 valence electrons. The molecule has 22 heavy (non-hydrogen) atoms. The summed E-state index contributed by atoms with van der Waals surface area (Å²) in [5.74, 6) is 0.445. The van der Waals surface area contributed by atoms with Crippen LogP contribution in [0.2, 0.25) is 0 Å². The number of methoxy groups -OCH3 is 1. The van der Waals surface area contributed by atoms with E-state index in [-0.39, 0.29) is 22.5 Å².